The quantitative estimate of drug-likeness (QED) is 0.643. The van der Waals surface area contributed by atoms with Gasteiger partial charge in [0.2, 0.25) is 0 Å². The molecule has 1 aromatic heterocycles. The zero-order chi connectivity index (χ0) is 13.0. The van der Waals surface area contributed by atoms with Crippen molar-refractivity contribution in [3.63, 3.8) is 0 Å². The molecule has 3 nitrogen and oxygen atoms in total. The van der Waals surface area contributed by atoms with Crippen molar-refractivity contribution in [2.75, 3.05) is 7.11 Å². The smallest absolute Gasteiger partial charge is 0.123 e. The van der Waals surface area contributed by atoms with Gasteiger partial charge < -0.3 is 4.74 Å². The molecular formula is C14H18N2OS. The van der Waals surface area contributed by atoms with E-state index in [2.05, 4.69) is 42.0 Å². The minimum atomic E-state index is 0.0687. The SMILES string of the molecule is COc1cc(C)ccc1C(Cc1cccs1)NN. The second-order valence-electron chi connectivity index (χ2n) is 4.25. The number of nitrogens with two attached hydrogens (primary N) is 1. The maximum Gasteiger partial charge on any atom is 0.123 e. The number of hydrogen-bond donors (Lipinski definition) is 2. The molecule has 1 atom stereocenters. The maximum absolute atomic E-state index is 5.68. The number of benzene rings is 1. The number of methoxy groups -OCH3 is 1. The van der Waals surface area contributed by atoms with Crippen LogP contribution in [0, 0.1) is 6.92 Å². The summed E-state index contributed by atoms with van der Waals surface area (Å²) in [6.07, 6.45) is 0.869. The molecule has 0 saturated carbocycles. The average Bonchev–Trinajstić information content (AvgIpc) is 2.89. The molecule has 18 heavy (non-hydrogen) atoms. The van der Waals surface area contributed by atoms with Crippen LogP contribution in [0.2, 0.25) is 0 Å². The van der Waals surface area contributed by atoms with E-state index in [4.69, 9.17) is 10.6 Å². The minimum absolute atomic E-state index is 0.0687. The Morgan fingerprint density at radius 3 is 2.83 bits per heavy atom. The zero-order valence-corrected chi connectivity index (χ0v) is 11.5. The first-order chi connectivity index (χ1) is 8.74. The van der Waals surface area contributed by atoms with Gasteiger partial charge in [0.15, 0.2) is 0 Å². The third-order valence-corrected chi connectivity index (χ3v) is 3.85. The first-order valence-corrected chi connectivity index (χ1v) is 6.75. The van der Waals surface area contributed by atoms with Crippen LogP contribution in [0.1, 0.15) is 22.0 Å². The van der Waals surface area contributed by atoms with E-state index in [1.54, 1.807) is 18.4 Å². The van der Waals surface area contributed by atoms with E-state index in [-0.39, 0.29) is 6.04 Å². The fourth-order valence-electron chi connectivity index (χ4n) is 1.99. The third kappa shape index (κ3) is 2.90. The van der Waals surface area contributed by atoms with E-state index in [9.17, 15) is 0 Å². The molecule has 0 fully saturated rings. The molecule has 2 rings (SSSR count). The molecule has 0 bridgehead atoms. The first kappa shape index (κ1) is 13.1. The van der Waals surface area contributed by atoms with Crippen molar-refractivity contribution in [3.05, 3.63) is 51.7 Å². The van der Waals surface area contributed by atoms with Gasteiger partial charge in [0.25, 0.3) is 0 Å². The zero-order valence-electron chi connectivity index (χ0n) is 10.6. The molecular weight excluding hydrogens is 244 g/mol. The van der Waals surface area contributed by atoms with Gasteiger partial charge >= 0.3 is 0 Å². The van der Waals surface area contributed by atoms with Crippen LogP contribution in [0.15, 0.2) is 35.7 Å². The average molecular weight is 262 g/mol. The lowest BCUT2D eigenvalue weighted by Gasteiger charge is -2.19. The predicted octanol–water partition coefficient (Wildman–Crippen LogP) is 2.81. The first-order valence-electron chi connectivity index (χ1n) is 5.87. The monoisotopic (exact) mass is 262 g/mol. The van der Waals surface area contributed by atoms with Crippen LogP contribution in [0.25, 0.3) is 0 Å². The van der Waals surface area contributed by atoms with Crippen LogP contribution in [-0.4, -0.2) is 7.11 Å². The van der Waals surface area contributed by atoms with Gasteiger partial charge in [0, 0.05) is 16.9 Å². The van der Waals surface area contributed by atoms with Gasteiger partial charge in [0.1, 0.15) is 5.75 Å². The van der Waals surface area contributed by atoms with Crippen LogP contribution in [0.4, 0.5) is 0 Å². The molecule has 0 saturated heterocycles. The maximum atomic E-state index is 5.68. The summed E-state index contributed by atoms with van der Waals surface area (Å²) in [7, 11) is 1.69. The fourth-order valence-corrected chi connectivity index (χ4v) is 2.75. The summed E-state index contributed by atoms with van der Waals surface area (Å²) in [6.45, 7) is 2.05. The van der Waals surface area contributed by atoms with Crippen LogP contribution < -0.4 is 16.0 Å². The molecule has 0 radical (unpaired) electrons. The highest BCUT2D eigenvalue weighted by molar-refractivity contribution is 7.09. The normalized spacial score (nSPS) is 12.4. The topological polar surface area (TPSA) is 47.3 Å². The highest BCUT2D eigenvalue weighted by Crippen LogP contribution is 2.29. The molecule has 96 valence electrons. The van der Waals surface area contributed by atoms with Gasteiger partial charge in [-0.05, 0) is 30.0 Å². The lowest BCUT2D eigenvalue weighted by atomic mass is 10.0. The van der Waals surface area contributed by atoms with E-state index in [1.807, 2.05) is 6.07 Å². The summed E-state index contributed by atoms with van der Waals surface area (Å²) in [5.74, 6) is 6.57. The highest BCUT2D eigenvalue weighted by Gasteiger charge is 2.15. The van der Waals surface area contributed by atoms with Gasteiger partial charge in [0.05, 0.1) is 13.2 Å². The Bertz CT molecular complexity index is 497. The Morgan fingerprint density at radius 1 is 1.39 bits per heavy atom. The van der Waals surface area contributed by atoms with Crippen molar-refractivity contribution in [3.8, 4) is 5.75 Å². The van der Waals surface area contributed by atoms with Gasteiger partial charge in [-0.2, -0.15) is 0 Å². The Hall–Kier alpha value is -1.36. The Labute approximate surface area is 112 Å². The summed E-state index contributed by atoms with van der Waals surface area (Å²) in [6, 6.07) is 10.4. The minimum Gasteiger partial charge on any atom is -0.496 e. The number of nitrogens with one attached hydrogen (secondary N) is 1. The summed E-state index contributed by atoms with van der Waals surface area (Å²) >= 11 is 1.74. The molecule has 0 aliphatic carbocycles. The summed E-state index contributed by atoms with van der Waals surface area (Å²) in [5.41, 5.74) is 5.16. The van der Waals surface area contributed by atoms with Crippen LogP contribution in [0.3, 0.4) is 0 Å². The van der Waals surface area contributed by atoms with Crippen molar-refractivity contribution >= 4 is 11.3 Å². The van der Waals surface area contributed by atoms with Gasteiger partial charge in [-0.1, -0.05) is 18.2 Å². The van der Waals surface area contributed by atoms with Gasteiger partial charge in [-0.3, -0.25) is 11.3 Å². The molecule has 1 aromatic carbocycles. The predicted molar refractivity (Wildman–Crippen MR) is 75.8 cm³/mol. The molecule has 1 unspecified atom stereocenters. The van der Waals surface area contributed by atoms with Crippen molar-refractivity contribution in [1.82, 2.24) is 5.43 Å². The van der Waals surface area contributed by atoms with Crippen molar-refractivity contribution < 1.29 is 4.74 Å². The van der Waals surface area contributed by atoms with E-state index < -0.39 is 0 Å². The lowest BCUT2D eigenvalue weighted by Crippen LogP contribution is -2.29. The standard InChI is InChI=1S/C14H18N2OS/c1-10-5-6-12(14(8-10)17-2)13(16-15)9-11-4-3-7-18-11/h3-8,13,16H,9,15H2,1-2H3. The Kier molecular flexibility index (Phi) is 4.36. The molecule has 4 heteroatoms. The largest absolute Gasteiger partial charge is 0.496 e. The number of ether oxygens (including phenoxy) is 1. The number of rotatable bonds is 5. The Balaban J connectivity index is 2.26. The van der Waals surface area contributed by atoms with Gasteiger partial charge in [-0.15, -0.1) is 11.3 Å². The Morgan fingerprint density at radius 2 is 2.22 bits per heavy atom. The highest BCUT2D eigenvalue weighted by atomic mass is 32.1. The lowest BCUT2D eigenvalue weighted by molar-refractivity contribution is 0.399. The molecule has 3 N–H and O–H groups in total. The van der Waals surface area contributed by atoms with E-state index in [0.29, 0.717) is 0 Å². The fraction of sp³-hybridized carbons (Fsp3) is 0.286. The van der Waals surface area contributed by atoms with Crippen LogP contribution >= 0.6 is 11.3 Å². The summed E-state index contributed by atoms with van der Waals surface area (Å²) in [5, 5.41) is 2.08. The third-order valence-electron chi connectivity index (χ3n) is 2.95. The molecule has 0 aliphatic heterocycles. The van der Waals surface area contributed by atoms with Crippen LogP contribution in [-0.2, 0) is 6.42 Å². The molecule has 0 amide bonds. The van der Waals surface area contributed by atoms with Crippen molar-refractivity contribution in [2.45, 2.75) is 19.4 Å². The van der Waals surface area contributed by atoms with Gasteiger partial charge in [-0.25, -0.2) is 0 Å². The molecule has 0 spiro atoms. The number of hydrazine groups is 1. The summed E-state index contributed by atoms with van der Waals surface area (Å²) in [4.78, 5) is 1.31. The molecule has 1 heterocycles. The van der Waals surface area contributed by atoms with E-state index in [1.165, 1.54) is 10.4 Å². The van der Waals surface area contributed by atoms with E-state index in [0.717, 1.165) is 17.7 Å². The second kappa shape index (κ2) is 6.00. The van der Waals surface area contributed by atoms with Crippen molar-refractivity contribution in [1.29, 1.82) is 0 Å². The second-order valence-corrected chi connectivity index (χ2v) is 5.28. The molecule has 0 aliphatic rings. The van der Waals surface area contributed by atoms with Crippen molar-refractivity contribution in [2.24, 2.45) is 5.84 Å². The number of hydrogen-bond acceptors (Lipinski definition) is 4. The molecule has 2 aromatic rings. The van der Waals surface area contributed by atoms with Crippen LogP contribution in [0.5, 0.6) is 5.75 Å². The summed E-state index contributed by atoms with van der Waals surface area (Å²) < 4.78 is 5.44. The number of thiophene rings is 1. The number of aryl methyl sites for hydroxylation is 1. The van der Waals surface area contributed by atoms with E-state index >= 15 is 0 Å².